The number of hydrogen-bond acceptors (Lipinski definition) is 6. The number of non-ortho nitro benzene ring substituents is 1. The molecule has 4 rings (SSSR count). The van der Waals surface area contributed by atoms with Crippen molar-refractivity contribution in [2.45, 2.75) is 13.8 Å². The zero-order valence-corrected chi connectivity index (χ0v) is 16.5. The molecule has 0 bridgehead atoms. The normalized spacial score (nSPS) is 14.5. The molecule has 0 spiro atoms. The number of thiazole rings is 1. The van der Waals surface area contributed by atoms with Crippen molar-refractivity contribution in [3.63, 3.8) is 0 Å². The summed E-state index contributed by atoms with van der Waals surface area (Å²) in [4.78, 5) is 31.9. The van der Waals surface area contributed by atoms with Crippen molar-refractivity contribution in [2.75, 3.05) is 31.1 Å². The van der Waals surface area contributed by atoms with Gasteiger partial charge in [-0.05, 0) is 37.1 Å². The second-order valence-corrected chi connectivity index (χ2v) is 7.95. The molecule has 0 N–H and O–H groups in total. The van der Waals surface area contributed by atoms with Crippen LogP contribution in [0.3, 0.4) is 0 Å². The maximum Gasteiger partial charge on any atom is 0.270 e. The van der Waals surface area contributed by atoms with Crippen LogP contribution in [0.2, 0.25) is 0 Å². The first-order valence-electron chi connectivity index (χ1n) is 9.09. The number of aryl methyl sites for hydroxylation is 2. The Morgan fingerprint density at radius 1 is 1.14 bits per heavy atom. The topological polar surface area (TPSA) is 79.6 Å². The summed E-state index contributed by atoms with van der Waals surface area (Å²) in [5.74, 6) is -0.167. The average molecular weight is 396 g/mol. The third kappa shape index (κ3) is 3.31. The fourth-order valence-electron chi connectivity index (χ4n) is 3.39. The van der Waals surface area contributed by atoms with Crippen LogP contribution in [0.4, 0.5) is 10.8 Å². The maximum atomic E-state index is 12.7. The molecule has 0 aliphatic carbocycles. The molecular formula is C20H20N4O3S. The van der Waals surface area contributed by atoms with Crippen molar-refractivity contribution in [3.8, 4) is 0 Å². The molecule has 8 heteroatoms. The number of carbonyl (C=O) groups is 1. The minimum absolute atomic E-state index is 0.0652. The molecule has 0 radical (unpaired) electrons. The van der Waals surface area contributed by atoms with Gasteiger partial charge in [0.2, 0.25) is 0 Å². The van der Waals surface area contributed by atoms with Gasteiger partial charge in [0.15, 0.2) is 5.13 Å². The van der Waals surface area contributed by atoms with E-state index in [1.165, 1.54) is 28.0 Å². The molecule has 3 aromatic rings. The van der Waals surface area contributed by atoms with Gasteiger partial charge in [0, 0.05) is 43.9 Å². The molecule has 1 aromatic heterocycles. The van der Waals surface area contributed by atoms with Crippen molar-refractivity contribution in [1.29, 1.82) is 0 Å². The quantitative estimate of drug-likeness (QED) is 0.497. The summed E-state index contributed by atoms with van der Waals surface area (Å²) < 4.78 is 1.17. The van der Waals surface area contributed by atoms with Crippen LogP contribution in [0.15, 0.2) is 36.4 Å². The second-order valence-electron chi connectivity index (χ2n) is 6.94. The van der Waals surface area contributed by atoms with E-state index in [9.17, 15) is 14.9 Å². The maximum absolute atomic E-state index is 12.7. The third-order valence-electron chi connectivity index (χ3n) is 5.21. The molecule has 28 heavy (non-hydrogen) atoms. The molecule has 7 nitrogen and oxygen atoms in total. The van der Waals surface area contributed by atoms with Gasteiger partial charge in [0.05, 0.1) is 15.1 Å². The van der Waals surface area contributed by atoms with Gasteiger partial charge < -0.3 is 9.80 Å². The van der Waals surface area contributed by atoms with Gasteiger partial charge in [-0.1, -0.05) is 23.5 Å². The predicted molar refractivity (Wildman–Crippen MR) is 110 cm³/mol. The first-order chi connectivity index (χ1) is 13.4. The molecule has 1 aliphatic heterocycles. The number of anilines is 1. The number of piperazine rings is 1. The highest BCUT2D eigenvalue weighted by molar-refractivity contribution is 7.22. The number of aromatic nitrogens is 1. The molecule has 2 aromatic carbocycles. The number of nitro benzene ring substituents is 1. The van der Waals surface area contributed by atoms with E-state index in [0.717, 1.165) is 10.6 Å². The number of benzene rings is 2. The van der Waals surface area contributed by atoms with E-state index in [1.54, 1.807) is 28.4 Å². The lowest BCUT2D eigenvalue weighted by Crippen LogP contribution is -2.48. The molecule has 144 valence electrons. The molecule has 0 unspecified atom stereocenters. The van der Waals surface area contributed by atoms with Gasteiger partial charge in [0.25, 0.3) is 11.6 Å². The Labute approximate surface area is 166 Å². The Balaban J connectivity index is 1.47. The van der Waals surface area contributed by atoms with Crippen molar-refractivity contribution in [2.24, 2.45) is 0 Å². The van der Waals surface area contributed by atoms with E-state index in [2.05, 4.69) is 30.9 Å². The monoisotopic (exact) mass is 396 g/mol. The Morgan fingerprint density at radius 3 is 2.61 bits per heavy atom. The standard InChI is InChI=1S/C20H20N4O3S/c1-13-6-7-17-18(14(13)2)21-20(28-17)23-10-8-22(9-11-23)19(25)15-4-3-5-16(12-15)24(26)27/h3-7,12H,8-11H2,1-2H3. The van der Waals surface area contributed by atoms with Gasteiger partial charge in [-0.2, -0.15) is 0 Å². The number of hydrogen-bond donors (Lipinski definition) is 0. The molecule has 1 fully saturated rings. The molecule has 1 aliphatic rings. The summed E-state index contributed by atoms with van der Waals surface area (Å²) in [5.41, 5.74) is 3.78. The van der Waals surface area contributed by atoms with Crippen molar-refractivity contribution in [3.05, 3.63) is 63.2 Å². The van der Waals surface area contributed by atoms with Crippen molar-refractivity contribution >= 4 is 38.3 Å². The highest BCUT2D eigenvalue weighted by Crippen LogP contribution is 2.32. The molecule has 1 amide bonds. The van der Waals surface area contributed by atoms with Gasteiger partial charge in [-0.15, -0.1) is 0 Å². The van der Waals surface area contributed by atoms with Crippen LogP contribution in [-0.4, -0.2) is 46.9 Å². The predicted octanol–water partition coefficient (Wildman–Crippen LogP) is 3.78. The first-order valence-corrected chi connectivity index (χ1v) is 9.91. The highest BCUT2D eigenvalue weighted by Gasteiger charge is 2.25. The largest absolute Gasteiger partial charge is 0.345 e. The summed E-state index contributed by atoms with van der Waals surface area (Å²) >= 11 is 1.67. The van der Waals surface area contributed by atoms with Crippen molar-refractivity contribution in [1.82, 2.24) is 9.88 Å². The van der Waals surface area contributed by atoms with E-state index >= 15 is 0 Å². The van der Waals surface area contributed by atoms with Gasteiger partial charge in [-0.3, -0.25) is 14.9 Å². The lowest BCUT2D eigenvalue weighted by Gasteiger charge is -2.34. The van der Waals surface area contributed by atoms with Crippen LogP contribution in [0.1, 0.15) is 21.5 Å². The summed E-state index contributed by atoms with van der Waals surface area (Å²) in [5, 5.41) is 11.9. The van der Waals surface area contributed by atoms with E-state index < -0.39 is 4.92 Å². The Bertz CT molecular complexity index is 1070. The van der Waals surface area contributed by atoms with E-state index in [4.69, 9.17) is 4.98 Å². The minimum Gasteiger partial charge on any atom is -0.345 e. The van der Waals surface area contributed by atoms with Crippen LogP contribution in [-0.2, 0) is 0 Å². The number of amides is 1. The number of nitrogens with zero attached hydrogens (tertiary/aromatic N) is 4. The number of nitro groups is 1. The third-order valence-corrected chi connectivity index (χ3v) is 6.30. The SMILES string of the molecule is Cc1ccc2sc(N3CCN(C(=O)c4cccc([N+](=O)[O-])c4)CC3)nc2c1C. The Morgan fingerprint density at radius 2 is 1.89 bits per heavy atom. The zero-order chi connectivity index (χ0) is 19.8. The van der Waals surface area contributed by atoms with Crippen molar-refractivity contribution < 1.29 is 9.72 Å². The number of fused-ring (bicyclic) bond motifs is 1. The number of rotatable bonds is 3. The molecule has 2 heterocycles. The fourth-order valence-corrected chi connectivity index (χ4v) is 4.46. The summed E-state index contributed by atoms with van der Waals surface area (Å²) in [6, 6.07) is 10.1. The summed E-state index contributed by atoms with van der Waals surface area (Å²) in [6.45, 7) is 6.70. The highest BCUT2D eigenvalue weighted by atomic mass is 32.1. The zero-order valence-electron chi connectivity index (χ0n) is 15.7. The van der Waals surface area contributed by atoms with Crippen LogP contribution in [0.5, 0.6) is 0 Å². The Kier molecular flexibility index (Phi) is 4.72. The fraction of sp³-hybridized carbons (Fsp3) is 0.300. The van der Waals surface area contributed by atoms with Crippen LogP contribution in [0.25, 0.3) is 10.2 Å². The second kappa shape index (κ2) is 7.20. The Hall–Kier alpha value is -3.00. The van der Waals surface area contributed by atoms with E-state index in [-0.39, 0.29) is 11.6 Å². The molecular weight excluding hydrogens is 376 g/mol. The summed E-state index contributed by atoms with van der Waals surface area (Å²) in [7, 11) is 0. The molecule has 1 saturated heterocycles. The average Bonchev–Trinajstić information content (AvgIpc) is 3.15. The smallest absolute Gasteiger partial charge is 0.270 e. The van der Waals surface area contributed by atoms with Crippen LogP contribution >= 0.6 is 11.3 Å². The lowest BCUT2D eigenvalue weighted by molar-refractivity contribution is -0.384. The van der Waals surface area contributed by atoms with E-state index in [0.29, 0.717) is 31.7 Å². The van der Waals surface area contributed by atoms with Gasteiger partial charge >= 0.3 is 0 Å². The van der Waals surface area contributed by atoms with Crippen LogP contribution in [0, 0.1) is 24.0 Å². The number of carbonyl (C=O) groups excluding carboxylic acids is 1. The van der Waals surface area contributed by atoms with Crippen LogP contribution < -0.4 is 4.90 Å². The van der Waals surface area contributed by atoms with Gasteiger partial charge in [0.1, 0.15) is 0 Å². The van der Waals surface area contributed by atoms with Gasteiger partial charge in [-0.25, -0.2) is 4.98 Å². The lowest BCUT2D eigenvalue weighted by atomic mass is 10.1. The summed E-state index contributed by atoms with van der Waals surface area (Å²) in [6.07, 6.45) is 0. The molecule has 0 atom stereocenters. The molecule has 0 saturated carbocycles. The minimum atomic E-state index is -0.481. The van der Waals surface area contributed by atoms with E-state index in [1.807, 2.05) is 0 Å². The first kappa shape index (κ1) is 18.4.